The maximum atomic E-state index is 13.2. The second-order valence-corrected chi connectivity index (χ2v) is 5.19. The molecule has 0 saturated carbocycles. The highest BCUT2D eigenvalue weighted by Gasteiger charge is 2.08. The van der Waals surface area contributed by atoms with E-state index < -0.39 is 0 Å². The van der Waals surface area contributed by atoms with Gasteiger partial charge in [0.05, 0.1) is 0 Å². The van der Waals surface area contributed by atoms with E-state index in [0.29, 0.717) is 0 Å². The van der Waals surface area contributed by atoms with Gasteiger partial charge in [0, 0.05) is 16.2 Å². The first-order chi connectivity index (χ1) is 8.58. The minimum Gasteiger partial charge on any atom is -0.378 e. The summed E-state index contributed by atoms with van der Waals surface area (Å²) in [5.74, 6) is -0.202. The first-order valence-corrected chi connectivity index (χ1v) is 6.64. The third-order valence-electron chi connectivity index (χ3n) is 2.99. The Kier molecular flexibility index (Phi) is 4.02. The van der Waals surface area contributed by atoms with Crippen LogP contribution in [0.15, 0.2) is 46.9 Å². The Hall–Kier alpha value is -1.35. The lowest BCUT2D eigenvalue weighted by atomic mass is 10.1. The summed E-state index contributed by atoms with van der Waals surface area (Å²) in [5.41, 5.74) is 3.15. The van der Waals surface area contributed by atoms with Crippen LogP contribution in [0.1, 0.15) is 24.1 Å². The van der Waals surface area contributed by atoms with Crippen LogP contribution >= 0.6 is 15.9 Å². The number of nitrogens with one attached hydrogen (secondary N) is 1. The van der Waals surface area contributed by atoms with Crippen LogP contribution in [-0.4, -0.2) is 0 Å². The minimum absolute atomic E-state index is 0.0636. The van der Waals surface area contributed by atoms with Crippen LogP contribution < -0.4 is 5.32 Å². The van der Waals surface area contributed by atoms with Crippen molar-refractivity contribution < 1.29 is 4.39 Å². The fourth-order valence-corrected chi connectivity index (χ4v) is 2.22. The zero-order valence-electron chi connectivity index (χ0n) is 10.4. The Balaban J connectivity index is 2.21. The van der Waals surface area contributed by atoms with Crippen molar-refractivity contribution in [3.05, 3.63) is 63.9 Å². The molecular formula is C15H15BrFN. The molecule has 2 rings (SSSR count). The number of hydrogen-bond acceptors (Lipinski definition) is 1. The molecular weight excluding hydrogens is 293 g/mol. The molecule has 2 aromatic carbocycles. The summed E-state index contributed by atoms with van der Waals surface area (Å²) >= 11 is 3.50. The largest absolute Gasteiger partial charge is 0.378 e. The van der Waals surface area contributed by atoms with Gasteiger partial charge in [-0.1, -0.05) is 34.1 Å². The Bertz CT molecular complexity index is 554. The van der Waals surface area contributed by atoms with Gasteiger partial charge in [-0.2, -0.15) is 0 Å². The van der Waals surface area contributed by atoms with Gasteiger partial charge in [0.15, 0.2) is 0 Å². The van der Waals surface area contributed by atoms with Gasteiger partial charge in [-0.25, -0.2) is 4.39 Å². The van der Waals surface area contributed by atoms with E-state index in [4.69, 9.17) is 0 Å². The van der Waals surface area contributed by atoms with Crippen molar-refractivity contribution in [2.45, 2.75) is 19.9 Å². The fourth-order valence-electron chi connectivity index (χ4n) is 1.86. The lowest BCUT2D eigenvalue weighted by Crippen LogP contribution is -2.08. The Morgan fingerprint density at radius 1 is 1.17 bits per heavy atom. The first-order valence-electron chi connectivity index (χ1n) is 5.85. The normalized spacial score (nSPS) is 12.2. The summed E-state index contributed by atoms with van der Waals surface area (Å²) in [6, 6.07) is 12.8. The molecule has 18 heavy (non-hydrogen) atoms. The Labute approximate surface area is 115 Å². The van der Waals surface area contributed by atoms with Crippen molar-refractivity contribution in [2.24, 2.45) is 0 Å². The third kappa shape index (κ3) is 2.91. The maximum absolute atomic E-state index is 13.2. The van der Waals surface area contributed by atoms with E-state index in [1.165, 1.54) is 6.07 Å². The number of hydrogen-bond donors (Lipinski definition) is 1. The average molecular weight is 308 g/mol. The standard InChI is InChI=1S/C15H15BrFN/c1-10-14(16)7-4-8-15(10)18-11(2)12-5-3-6-13(17)9-12/h3-9,11,18H,1-2H3. The number of rotatable bonds is 3. The topological polar surface area (TPSA) is 12.0 Å². The van der Waals surface area contributed by atoms with Crippen LogP contribution in [0.5, 0.6) is 0 Å². The van der Waals surface area contributed by atoms with E-state index in [1.807, 2.05) is 38.1 Å². The molecule has 1 nitrogen and oxygen atoms in total. The van der Waals surface area contributed by atoms with E-state index >= 15 is 0 Å². The van der Waals surface area contributed by atoms with E-state index in [1.54, 1.807) is 12.1 Å². The predicted molar refractivity (Wildman–Crippen MR) is 77.3 cm³/mol. The molecule has 0 aliphatic rings. The number of anilines is 1. The molecule has 1 atom stereocenters. The van der Waals surface area contributed by atoms with Crippen molar-refractivity contribution >= 4 is 21.6 Å². The molecule has 3 heteroatoms. The summed E-state index contributed by atoms with van der Waals surface area (Å²) in [6.07, 6.45) is 0. The quantitative estimate of drug-likeness (QED) is 0.834. The van der Waals surface area contributed by atoms with E-state index in [2.05, 4.69) is 21.2 Å². The van der Waals surface area contributed by atoms with E-state index in [0.717, 1.165) is 21.3 Å². The van der Waals surface area contributed by atoms with Gasteiger partial charge in [-0.3, -0.25) is 0 Å². The molecule has 1 N–H and O–H groups in total. The van der Waals surface area contributed by atoms with Gasteiger partial charge in [0.2, 0.25) is 0 Å². The summed E-state index contributed by atoms with van der Waals surface area (Å²) in [4.78, 5) is 0. The number of halogens is 2. The zero-order chi connectivity index (χ0) is 13.1. The van der Waals surface area contributed by atoms with Crippen molar-refractivity contribution in [2.75, 3.05) is 5.32 Å². The second-order valence-electron chi connectivity index (χ2n) is 4.33. The van der Waals surface area contributed by atoms with Gasteiger partial charge in [0.25, 0.3) is 0 Å². The van der Waals surface area contributed by atoms with Gasteiger partial charge in [-0.15, -0.1) is 0 Å². The smallest absolute Gasteiger partial charge is 0.123 e. The first kappa shape index (κ1) is 13.1. The summed E-state index contributed by atoms with van der Waals surface area (Å²) in [6.45, 7) is 4.07. The highest BCUT2D eigenvalue weighted by atomic mass is 79.9. The third-order valence-corrected chi connectivity index (χ3v) is 3.85. The lowest BCUT2D eigenvalue weighted by molar-refractivity contribution is 0.623. The fraction of sp³-hybridized carbons (Fsp3) is 0.200. The van der Waals surface area contributed by atoms with Gasteiger partial charge < -0.3 is 5.32 Å². The van der Waals surface area contributed by atoms with Crippen molar-refractivity contribution in [1.82, 2.24) is 0 Å². The van der Waals surface area contributed by atoms with Crippen LogP contribution in [0.3, 0.4) is 0 Å². The van der Waals surface area contributed by atoms with Crippen LogP contribution in [0.4, 0.5) is 10.1 Å². The average Bonchev–Trinajstić information content (AvgIpc) is 2.35. The van der Waals surface area contributed by atoms with E-state index in [9.17, 15) is 4.39 Å². The molecule has 0 aliphatic heterocycles. The molecule has 94 valence electrons. The Morgan fingerprint density at radius 2 is 1.89 bits per heavy atom. The molecule has 0 aromatic heterocycles. The molecule has 0 fully saturated rings. The highest BCUT2D eigenvalue weighted by molar-refractivity contribution is 9.10. The summed E-state index contributed by atoms with van der Waals surface area (Å²) in [5, 5.41) is 3.40. The van der Waals surface area contributed by atoms with Gasteiger partial charge in [0.1, 0.15) is 5.82 Å². The van der Waals surface area contributed by atoms with Crippen LogP contribution in [-0.2, 0) is 0 Å². The summed E-state index contributed by atoms with van der Waals surface area (Å²) < 4.78 is 14.2. The van der Waals surface area contributed by atoms with Crippen molar-refractivity contribution in [1.29, 1.82) is 0 Å². The second kappa shape index (κ2) is 5.53. The molecule has 0 saturated heterocycles. The zero-order valence-corrected chi connectivity index (χ0v) is 12.0. The lowest BCUT2D eigenvalue weighted by Gasteiger charge is -2.18. The monoisotopic (exact) mass is 307 g/mol. The highest BCUT2D eigenvalue weighted by Crippen LogP contribution is 2.27. The molecule has 0 radical (unpaired) electrons. The molecule has 0 aliphatic carbocycles. The van der Waals surface area contributed by atoms with Crippen LogP contribution in [0.2, 0.25) is 0 Å². The molecule has 0 amide bonds. The van der Waals surface area contributed by atoms with Gasteiger partial charge in [-0.05, 0) is 49.2 Å². The van der Waals surface area contributed by atoms with Crippen LogP contribution in [0, 0.1) is 12.7 Å². The SMILES string of the molecule is Cc1c(Br)cccc1NC(C)c1cccc(F)c1. The maximum Gasteiger partial charge on any atom is 0.123 e. The van der Waals surface area contributed by atoms with Crippen LogP contribution in [0.25, 0.3) is 0 Å². The molecule has 0 heterocycles. The number of benzene rings is 2. The molecule has 1 unspecified atom stereocenters. The van der Waals surface area contributed by atoms with Crippen molar-refractivity contribution in [3.8, 4) is 0 Å². The predicted octanol–water partition coefficient (Wildman–Crippen LogP) is 5.07. The van der Waals surface area contributed by atoms with Crippen molar-refractivity contribution in [3.63, 3.8) is 0 Å². The van der Waals surface area contributed by atoms with Gasteiger partial charge >= 0.3 is 0 Å². The molecule has 2 aromatic rings. The molecule has 0 bridgehead atoms. The molecule has 0 spiro atoms. The van der Waals surface area contributed by atoms with E-state index in [-0.39, 0.29) is 11.9 Å². The summed E-state index contributed by atoms with van der Waals surface area (Å²) in [7, 11) is 0. The minimum atomic E-state index is -0.202. The Morgan fingerprint density at radius 3 is 2.61 bits per heavy atom.